The topological polar surface area (TPSA) is 12.0 Å². The fraction of sp³-hybridized carbons (Fsp3) is 0.333. The molecule has 1 unspecified atom stereocenters. The van der Waals surface area contributed by atoms with E-state index in [0.29, 0.717) is 6.04 Å². The number of para-hydroxylation sites is 1. The lowest BCUT2D eigenvalue weighted by atomic mass is 10.0. The molecule has 0 spiro atoms. The number of benzene rings is 2. The molecule has 2 aromatic carbocycles. The molecule has 1 nitrogen and oxygen atoms in total. The van der Waals surface area contributed by atoms with Gasteiger partial charge in [-0.1, -0.05) is 68.8 Å². The Morgan fingerprint density at radius 2 is 1.58 bits per heavy atom. The van der Waals surface area contributed by atoms with Gasteiger partial charge in [0.15, 0.2) is 0 Å². The van der Waals surface area contributed by atoms with Gasteiger partial charge >= 0.3 is 0 Å². The molecule has 0 radical (unpaired) electrons. The predicted molar refractivity (Wildman–Crippen MR) is 84.5 cm³/mol. The van der Waals surface area contributed by atoms with Gasteiger partial charge < -0.3 is 5.32 Å². The van der Waals surface area contributed by atoms with Gasteiger partial charge in [-0.3, -0.25) is 0 Å². The maximum atomic E-state index is 3.70. The molecule has 1 heteroatoms. The van der Waals surface area contributed by atoms with E-state index in [0.717, 1.165) is 6.42 Å². The third-order valence-electron chi connectivity index (χ3n) is 3.50. The quantitative estimate of drug-likeness (QED) is 0.732. The van der Waals surface area contributed by atoms with E-state index in [9.17, 15) is 0 Å². The second-order valence-corrected chi connectivity index (χ2v) is 4.95. The molecule has 2 rings (SSSR count). The van der Waals surface area contributed by atoms with Crippen LogP contribution in [0.4, 0.5) is 5.69 Å². The highest BCUT2D eigenvalue weighted by Crippen LogP contribution is 2.28. The van der Waals surface area contributed by atoms with E-state index in [4.69, 9.17) is 0 Å². The fourth-order valence-electron chi connectivity index (χ4n) is 2.43. The van der Waals surface area contributed by atoms with Crippen molar-refractivity contribution < 1.29 is 0 Å². The molecule has 100 valence electrons. The number of hydrogen-bond acceptors (Lipinski definition) is 1. The fourth-order valence-corrected chi connectivity index (χ4v) is 2.43. The van der Waals surface area contributed by atoms with Gasteiger partial charge in [-0.25, -0.2) is 0 Å². The number of hydrogen-bond donors (Lipinski definition) is 1. The van der Waals surface area contributed by atoms with Crippen LogP contribution in [0, 0.1) is 0 Å². The van der Waals surface area contributed by atoms with E-state index in [1.807, 2.05) is 0 Å². The van der Waals surface area contributed by atoms with Crippen LogP contribution in [0.1, 0.15) is 33.1 Å². The molecule has 19 heavy (non-hydrogen) atoms. The number of rotatable bonds is 6. The Bertz CT molecular complexity index is 490. The van der Waals surface area contributed by atoms with Crippen molar-refractivity contribution >= 4 is 5.69 Å². The Balaban J connectivity index is 2.26. The van der Waals surface area contributed by atoms with E-state index in [1.54, 1.807) is 0 Å². The molecular formula is C18H23N. The van der Waals surface area contributed by atoms with Crippen LogP contribution < -0.4 is 5.32 Å². The SMILES string of the molecule is CCCC(CC)Nc1ccccc1-c1ccccc1. The zero-order valence-corrected chi connectivity index (χ0v) is 11.9. The van der Waals surface area contributed by atoms with Crippen LogP contribution in [0.3, 0.4) is 0 Å². The summed E-state index contributed by atoms with van der Waals surface area (Å²) in [7, 11) is 0. The normalized spacial score (nSPS) is 12.1. The number of anilines is 1. The highest BCUT2D eigenvalue weighted by atomic mass is 14.9. The van der Waals surface area contributed by atoms with Gasteiger partial charge in [-0.05, 0) is 24.5 Å². The van der Waals surface area contributed by atoms with Crippen molar-refractivity contribution in [3.63, 3.8) is 0 Å². The lowest BCUT2D eigenvalue weighted by molar-refractivity contribution is 0.623. The maximum Gasteiger partial charge on any atom is 0.0422 e. The van der Waals surface area contributed by atoms with Crippen LogP contribution in [-0.2, 0) is 0 Å². The molecule has 0 saturated carbocycles. The van der Waals surface area contributed by atoms with Crippen LogP contribution >= 0.6 is 0 Å². The van der Waals surface area contributed by atoms with E-state index in [1.165, 1.54) is 29.7 Å². The van der Waals surface area contributed by atoms with Crippen molar-refractivity contribution in [1.82, 2.24) is 0 Å². The maximum absolute atomic E-state index is 3.70. The molecule has 0 amide bonds. The standard InChI is InChI=1S/C18H23N/c1-3-10-16(4-2)19-18-14-9-8-13-17(18)15-11-6-5-7-12-15/h5-9,11-14,16,19H,3-4,10H2,1-2H3. The molecule has 0 aliphatic rings. The Hall–Kier alpha value is -1.76. The van der Waals surface area contributed by atoms with E-state index in [2.05, 4.69) is 73.8 Å². The molecule has 2 aromatic rings. The van der Waals surface area contributed by atoms with Crippen molar-refractivity contribution in [3.8, 4) is 11.1 Å². The summed E-state index contributed by atoms with van der Waals surface area (Å²) in [6, 6.07) is 19.7. The van der Waals surface area contributed by atoms with Gasteiger partial charge in [0, 0.05) is 17.3 Å². The second-order valence-electron chi connectivity index (χ2n) is 4.95. The third kappa shape index (κ3) is 3.60. The van der Waals surface area contributed by atoms with Gasteiger partial charge in [-0.2, -0.15) is 0 Å². The molecule has 0 aliphatic heterocycles. The van der Waals surface area contributed by atoms with E-state index in [-0.39, 0.29) is 0 Å². The Kier molecular flexibility index (Phi) is 5.02. The second kappa shape index (κ2) is 6.98. The van der Waals surface area contributed by atoms with Gasteiger partial charge in [0.25, 0.3) is 0 Å². The van der Waals surface area contributed by atoms with E-state index >= 15 is 0 Å². The van der Waals surface area contributed by atoms with E-state index < -0.39 is 0 Å². The van der Waals surface area contributed by atoms with Crippen LogP contribution in [0.15, 0.2) is 54.6 Å². The lowest BCUT2D eigenvalue weighted by Gasteiger charge is -2.20. The first-order valence-electron chi connectivity index (χ1n) is 7.26. The highest BCUT2D eigenvalue weighted by molar-refractivity contribution is 5.77. The average molecular weight is 253 g/mol. The molecule has 0 fully saturated rings. The molecular weight excluding hydrogens is 230 g/mol. The monoisotopic (exact) mass is 253 g/mol. The first kappa shape index (κ1) is 13.7. The summed E-state index contributed by atoms with van der Waals surface area (Å²) >= 11 is 0. The first-order chi connectivity index (χ1) is 9.35. The Morgan fingerprint density at radius 1 is 0.895 bits per heavy atom. The first-order valence-corrected chi connectivity index (χ1v) is 7.26. The molecule has 0 saturated heterocycles. The predicted octanol–water partition coefficient (Wildman–Crippen LogP) is 5.34. The molecule has 0 aliphatic carbocycles. The molecule has 1 atom stereocenters. The van der Waals surface area contributed by atoms with Gasteiger partial charge in [0.2, 0.25) is 0 Å². The van der Waals surface area contributed by atoms with Crippen molar-refractivity contribution in [3.05, 3.63) is 54.6 Å². The minimum atomic E-state index is 0.565. The van der Waals surface area contributed by atoms with Crippen LogP contribution in [0.5, 0.6) is 0 Å². The minimum Gasteiger partial charge on any atom is -0.382 e. The summed E-state index contributed by atoms with van der Waals surface area (Å²) in [5, 5.41) is 3.70. The van der Waals surface area contributed by atoms with Crippen molar-refractivity contribution in [2.24, 2.45) is 0 Å². The summed E-state index contributed by atoms with van der Waals surface area (Å²) in [5.41, 5.74) is 3.81. The van der Waals surface area contributed by atoms with Gasteiger partial charge in [0.1, 0.15) is 0 Å². The molecule has 0 heterocycles. The smallest absolute Gasteiger partial charge is 0.0422 e. The Morgan fingerprint density at radius 3 is 2.26 bits per heavy atom. The average Bonchev–Trinajstić information content (AvgIpc) is 2.48. The van der Waals surface area contributed by atoms with Crippen LogP contribution in [0.25, 0.3) is 11.1 Å². The van der Waals surface area contributed by atoms with Crippen molar-refractivity contribution in [1.29, 1.82) is 0 Å². The summed E-state index contributed by atoms with van der Waals surface area (Å²) in [6.45, 7) is 4.49. The zero-order valence-electron chi connectivity index (χ0n) is 11.9. The van der Waals surface area contributed by atoms with Crippen LogP contribution in [-0.4, -0.2) is 6.04 Å². The van der Waals surface area contributed by atoms with Gasteiger partial charge in [0.05, 0.1) is 0 Å². The minimum absolute atomic E-state index is 0.565. The molecule has 0 aromatic heterocycles. The Labute approximate surface area is 116 Å². The molecule has 1 N–H and O–H groups in total. The summed E-state index contributed by atoms with van der Waals surface area (Å²) in [4.78, 5) is 0. The molecule has 0 bridgehead atoms. The largest absolute Gasteiger partial charge is 0.382 e. The van der Waals surface area contributed by atoms with Crippen molar-refractivity contribution in [2.75, 3.05) is 5.32 Å². The summed E-state index contributed by atoms with van der Waals surface area (Å²) in [5.74, 6) is 0. The zero-order chi connectivity index (χ0) is 13.5. The van der Waals surface area contributed by atoms with Crippen molar-refractivity contribution in [2.45, 2.75) is 39.2 Å². The van der Waals surface area contributed by atoms with Gasteiger partial charge in [-0.15, -0.1) is 0 Å². The third-order valence-corrected chi connectivity index (χ3v) is 3.50. The van der Waals surface area contributed by atoms with Crippen LogP contribution in [0.2, 0.25) is 0 Å². The number of nitrogens with one attached hydrogen (secondary N) is 1. The highest BCUT2D eigenvalue weighted by Gasteiger charge is 2.08. The lowest BCUT2D eigenvalue weighted by Crippen LogP contribution is -2.18. The summed E-state index contributed by atoms with van der Waals surface area (Å²) < 4.78 is 0. The summed E-state index contributed by atoms with van der Waals surface area (Å²) in [6.07, 6.45) is 3.61.